The van der Waals surface area contributed by atoms with Crippen LogP contribution in [0.5, 0.6) is 5.75 Å². The van der Waals surface area contributed by atoms with Gasteiger partial charge < -0.3 is 24.6 Å². The zero-order valence-electron chi connectivity index (χ0n) is 18.5. The van der Waals surface area contributed by atoms with Gasteiger partial charge in [0.1, 0.15) is 29.3 Å². The number of anilines is 2. The number of nitrogens with zero attached hydrogens (tertiary/aromatic N) is 4. The first-order valence-corrected chi connectivity index (χ1v) is 10.5. The standard InChI is InChI=1S/C23H24N6O4/c1-23(2,3)32-22(30)27-14-8-16(9-14)31-18-7-5-4-6-17(18)19-10-20(29-33-19)28-21-13-25-15(11-24)12-26-21/h4-7,10,12-14,16H,8-9H2,1-3H3,(H,27,30)(H,26,28,29). The lowest BCUT2D eigenvalue weighted by Gasteiger charge is -2.36. The molecule has 1 amide bonds. The number of nitrogens with one attached hydrogen (secondary N) is 2. The molecule has 0 unspecified atom stereocenters. The maximum absolute atomic E-state index is 11.9. The van der Waals surface area contributed by atoms with Crippen LogP contribution >= 0.6 is 0 Å². The first-order chi connectivity index (χ1) is 15.8. The molecule has 10 nitrogen and oxygen atoms in total. The fourth-order valence-corrected chi connectivity index (χ4v) is 3.25. The molecule has 2 N–H and O–H groups in total. The van der Waals surface area contributed by atoms with Crippen LogP contribution in [0.15, 0.2) is 47.2 Å². The van der Waals surface area contributed by atoms with Crippen molar-refractivity contribution in [2.24, 2.45) is 0 Å². The van der Waals surface area contributed by atoms with E-state index in [1.54, 1.807) is 6.07 Å². The van der Waals surface area contributed by atoms with Crippen LogP contribution in [0.4, 0.5) is 16.4 Å². The van der Waals surface area contributed by atoms with Gasteiger partial charge in [0.05, 0.1) is 18.0 Å². The maximum Gasteiger partial charge on any atom is 0.407 e. The molecule has 1 saturated carbocycles. The normalized spacial score (nSPS) is 17.4. The van der Waals surface area contributed by atoms with Crippen molar-refractivity contribution in [2.45, 2.75) is 51.4 Å². The monoisotopic (exact) mass is 448 g/mol. The SMILES string of the molecule is CC(C)(C)OC(=O)NC1CC(Oc2ccccc2-c2cc(Nc3cnc(C#N)cn3)no2)C1. The Morgan fingerprint density at radius 2 is 1.97 bits per heavy atom. The molecule has 3 aromatic rings. The number of carbonyl (C=O) groups excluding carboxylic acids is 1. The summed E-state index contributed by atoms with van der Waals surface area (Å²) >= 11 is 0. The van der Waals surface area contributed by atoms with Crippen LogP contribution in [-0.4, -0.2) is 39.0 Å². The van der Waals surface area contributed by atoms with Crippen LogP contribution in [-0.2, 0) is 4.74 Å². The Bertz CT molecular complexity index is 1160. The van der Waals surface area contributed by atoms with Gasteiger partial charge in [-0.05, 0) is 32.9 Å². The molecule has 33 heavy (non-hydrogen) atoms. The van der Waals surface area contributed by atoms with Crippen molar-refractivity contribution in [1.29, 1.82) is 5.26 Å². The van der Waals surface area contributed by atoms with Crippen LogP contribution in [0, 0.1) is 11.3 Å². The van der Waals surface area contributed by atoms with Gasteiger partial charge in [0.2, 0.25) is 0 Å². The number of rotatable bonds is 6. The van der Waals surface area contributed by atoms with E-state index in [1.165, 1.54) is 12.4 Å². The molecular formula is C23H24N6O4. The van der Waals surface area contributed by atoms with E-state index in [1.807, 2.05) is 51.1 Å². The fraction of sp³-hybridized carbons (Fsp3) is 0.348. The minimum Gasteiger partial charge on any atom is -0.489 e. The van der Waals surface area contributed by atoms with Gasteiger partial charge >= 0.3 is 6.09 Å². The zero-order valence-corrected chi connectivity index (χ0v) is 18.5. The number of benzene rings is 1. The van der Waals surface area contributed by atoms with E-state index in [2.05, 4.69) is 25.8 Å². The third-order valence-corrected chi connectivity index (χ3v) is 4.79. The maximum atomic E-state index is 11.9. The Kier molecular flexibility index (Phi) is 6.13. The molecule has 1 fully saturated rings. The Labute approximate surface area is 190 Å². The number of amides is 1. The summed E-state index contributed by atoms with van der Waals surface area (Å²) in [6.07, 6.45) is 3.75. The molecule has 0 spiro atoms. The van der Waals surface area contributed by atoms with Crippen molar-refractivity contribution >= 4 is 17.7 Å². The molecule has 1 aromatic carbocycles. The van der Waals surface area contributed by atoms with E-state index in [0.29, 0.717) is 36.0 Å². The Morgan fingerprint density at radius 3 is 2.67 bits per heavy atom. The Morgan fingerprint density at radius 1 is 1.18 bits per heavy atom. The highest BCUT2D eigenvalue weighted by Crippen LogP contribution is 2.35. The van der Waals surface area contributed by atoms with Gasteiger partial charge in [0.15, 0.2) is 17.3 Å². The van der Waals surface area contributed by atoms with Crippen molar-refractivity contribution in [1.82, 2.24) is 20.4 Å². The topological polar surface area (TPSA) is 135 Å². The highest BCUT2D eigenvalue weighted by atomic mass is 16.6. The van der Waals surface area contributed by atoms with Crippen LogP contribution in [0.3, 0.4) is 0 Å². The van der Waals surface area contributed by atoms with E-state index in [-0.39, 0.29) is 17.8 Å². The van der Waals surface area contributed by atoms with E-state index in [4.69, 9.17) is 19.3 Å². The van der Waals surface area contributed by atoms with Crippen LogP contribution in [0.25, 0.3) is 11.3 Å². The number of para-hydroxylation sites is 1. The molecule has 1 aliphatic rings. The van der Waals surface area contributed by atoms with Gasteiger partial charge in [-0.15, -0.1) is 0 Å². The van der Waals surface area contributed by atoms with E-state index in [9.17, 15) is 4.79 Å². The molecular weight excluding hydrogens is 424 g/mol. The van der Waals surface area contributed by atoms with Crippen molar-refractivity contribution in [3.8, 4) is 23.1 Å². The quantitative estimate of drug-likeness (QED) is 0.569. The molecule has 170 valence electrons. The van der Waals surface area contributed by atoms with Crippen LogP contribution in [0.1, 0.15) is 39.3 Å². The minimum absolute atomic E-state index is 0.0200. The van der Waals surface area contributed by atoms with Gasteiger partial charge in [0, 0.05) is 24.9 Å². The fourth-order valence-electron chi connectivity index (χ4n) is 3.25. The Balaban J connectivity index is 1.36. The second kappa shape index (κ2) is 9.16. The number of carbonyl (C=O) groups is 1. The third-order valence-electron chi connectivity index (χ3n) is 4.79. The summed E-state index contributed by atoms with van der Waals surface area (Å²) in [4.78, 5) is 20.0. The lowest BCUT2D eigenvalue weighted by atomic mass is 9.89. The van der Waals surface area contributed by atoms with Crippen molar-refractivity contribution in [3.63, 3.8) is 0 Å². The minimum atomic E-state index is -0.528. The predicted octanol–water partition coefficient (Wildman–Crippen LogP) is 4.18. The molecule has 1 aliphatic carbocycles. The molecule has 2 aromatic heterocycles. The smallest absolute Gasteiger partial charge is 0.407 e. The second-order valence-electron chi connectivity index (χ2n) is 8.65. The Hall–Kier alpha value is -4.13. The number of alkyl carbamates (subject to hydrolysis) is 1. The average molecular weight is 448 g/mol. The summed E-state index contributed by atoms with van der Waals surface area (Å²) in [5.74, 6) is 2.08. The highest BCUT2D eigenvalue weighted by molar-refractivity contribution is 5.69. The summed E-state index contributed by atoms with van der Waals surface area (Å²) < 4.78 is 16.9. The summed E-state index contributed by atoms with van der Waals surface area (Å²) in [6.45, 7) is 5.50. The lowest BCUT2D eigenvalue weighted by Crippen LogP contribution is -2.50. The number of aromatic nitrogens is 3. The first kappa shape index (κ1) is 22.1. The molecule has 0 atom stereocenters. The van der Waals surface area contributed by atoms with Gasteiger partial charge in [-0.3, -0.25) is 0 Å². The number of ether oxygens (including phenoxy) is 2. The van der Waals surface area contributed by atoms with Gasteiger partial charge in [0.25, 0.3) is 0 Å². The first-order valence-electron chi connectivity index (χ1n) is 10.5. The lowest BCUT2D eigenvalue weighted by molar-refractivity contribution is 0.0363. The number of hydrogen-bond donors (Lipinski definition) is 2. The van der Waals surface area contributed by atoms with Gasteiger partial charge in [-0.1, -0.05) is 17.3 Å². The second-order valence-corrected chi connectivity index (χ2v) is 8.65. The largest absolute Gasteiger partial charge is 0.489 e. The molecule has 4 rings (SSSR count). The third kappa shape index (κ3) is 5.77. The number of hydrogen-bond acceptors (Lipinski definition) is 9. The molecule has 10 heteroatoms. The van der Waals surface area contributed by atoms with E-state index < -0.39 is 11.7 Å². The summed E-state index contributed by atoms with van der Waals surface area (Å²) in [5, 5.41) is 18.7. The average Bonchev–Trinajstić information content (AvgIpc) is 3.20. The van der Waals surface area contributed by atoms with Crippen molar-refractivity contribution < 1.29 is 18.8 Å². The molecule has 0 aliphatic heterocycles. The van der Waals surface area contributed by atoms with E-state index in [0.717, 1.165) is 5.56 Å². The summed E-state index contributed by atoms with van der Waals surface area (Å²) in [5.41, 5.74) is 0.458. The summed E-state index contributed by atoms with van der Waals surface area (Å²) in [7, 11) is 0. The predicted molar refractivity (Wildman–Crippen MR) is 119 cm³/mol. The van der Waals surface area contributed by atoms with Crippen molar-refractivity contribution in [2.75, 3.05) is 5.32 Å². The number of nitriles is 1. The van der Waals surface area contributed by atoms with Gasteiger partial charge in [-0.2, -0.15) is 5.26 Å². The summed E-state index contributed by atoms with van der Waals surface area (Å²) in [6, 6.07) is 11.2. The van der Waals surface area contributed by atoms with Gasteiger partial charge in [-0.25, -0.2) is 14.8 Å². The van der Waals surface area contributed by atoms with Crippen LogP contribution < -0.4 is 15.4 Å². The highest BCUT2D eigenvalue weighted by Gasteiger charge is 2.33. The van der Waals surface area contributed by atoms with E-state index >= 15 is 0 Å². The molecule has 0 bridgehead atoms. The molecule has 0 radical (unpaired) electrons. The molecule has 0 saturated heterocycles. The molecule has 2 heterocycles. The van der Waals surface area contributed by atoms with Crippen molar-refractivity contribution in [3.05, 3.63) is 48.4 Å². The van der Waals surface area contributed by atoms with Crippen LogP contribution in [0.2, 0.25) is 0 Å². The zero-order chi connectivity index (χ0) is 23.4.